The van der Waals surface area contributed by atoms with Crippen LogP contribution in [0.3, 0.4) is 0 Å². The number of benzene rings is 3. The summed E-state index contributed by atoms with van der Waals surface area (Å²) in [5.41, 5.74) is 8.31. The van der Waals surface area contributed by atoms with E-state index in [0.29, 0.717) is 67.1 Å². The van der Waals surface area contributed by atoms with E-state index in [1.165, 1.54) is 0 Å². The molecule has 190 valence electrons. The zero-order chi connectivity index (χ0) is 25.8. The Morgan fingerprint density at radius 2 is 1.68 bits per heavy atom. The summed E-state index contributed by atoms with van der Waals surface area (Å²) in [5.74, 6) is 2.19. The maximum atomic E-state index is 12.3. The molecule has 1 aliphatic rings. The van der Waals surface area contributed by atoms with Crippen molar-refractivity contribution in [1.29, 1.82) is 0 Å². The molecule has 0 saturated carbocycles. The van der Waals surface area contributed by atoms with E-state index in [1.54, 1.807) is 26.4 Å². The van der Waals surface area contributed by atoms with Crippen LogP contribution in [0.4, 0.5) is 5.82 Å². The van der Waals surface area contributed by atoms with Gasteiger partial charge in [-0.15, -0.1) is 0 Å². The predicted octanol–water partition coefficient (Wildman–Crippen LogP) is 3.83. The lowest BCUT2D eigenvalue weighted by Gasteiger charge is -2.29. The van der Waals surface area contributed by atoms with Gasteiger partial charge in [-0.25, -0.2) is 9.97 Å². The first kappa shape index (κ1) is 24.3. The molecule has 0 spiro atoms. The average Bonchev–Trinajstić information content (AvgIpc) is 2.95. The highest BCUT2D eigenvalue weighted by Crippen LogP contribution is 2.37. The molecule has 1 fully saturated rings. The molecular formula is C28H28N4O5. The summed E-state index contributed by atoms with van der Waals surface area (Å²) in [7, 11) is 3.18. The fraction of sp³-hybridized carbons (Fsp3) is 0.250. The number of anilines is 1. The molecule has 1 amide bonds. The van der Waals surface area contributed by atoms with Gasteiger partial charge in [-0.3, -0.25) is 4.79 Å². The number of aromatic nitrogens is 2. The van der Waals surface area contributed by atoms with E-state index in [2.05, 4.69) is 4.90 Å². The fourth-order valence-corrected chi connectivity index (χ4v) is 4.31. The Hall–Kier alpha value is -4.37. The Kier molecular flexibility index (Phi) is 7.04. The van der Waals surface area contributed by atoms with Gasteiger partial charge in [0.05, 0.1) is 38.5 Å². The van der Waals surface area contributed by atoms with Crippen molar-refractivity contribution >= 4 is 22.6 Å². The van der Waals surface area contributed by atoms with E-state index in [9.17, 15) is 4.79 Å². The van der Waals surface area contributed by atoms with E-state index in [4.69, 9.17) is 34.6 Å². The van der Waals surface area contributed by atoms with Crippen molar-refractivity contribution in [2.75, 3.05) is 45.4 Å². The number of nitrogens with two attached hydrogens (primary N) is 1. The molecule has 9 heteroatoms. The first-order chi connectivity index (χ1) is 18.1. The van der Waals surface area contributed by atoms with Crippen LogP contribution in [0.2, 0.25) is 0 Å². The number of hydrogen-bond acceptors (Lipinski definition) is 8. The van der Waals surface area contributed by atoms with Gasteiger partial charge in [0.15, 0.2) is 17.3 Å². The smallest absolute Gasteiger partial charge is 0.252 e. The van der Waals surface area contributed by atoms with Crippen molar-refractivity contribution < 1.29 is 23.7 Å². The molecule has 4 aromatic rings. The summed E-state index contributed by atoms with van der Waals surface area (Å²) in [5, 5.41) is 0.834. The number of hydrogen-bond donors (Lipinski definition) is 1. The topological polar surface area (TPSA) is 109 Å². The zero-order valence-electron chi connectivity index (χ0n) is 20.8. The highest BCUT2D eigenvalue weighted by Gasteiger charge is 2.21. The lowest BCUT2D eigenvalue weighted by Crippen LogP contribution is -2.37. The van der Waals surface area contributed by atoms with Gasteiger partial charge in [0.25, 0.3) is 5.91 Å². The Morgan fingerprint density at radius 1 is 0.946 bits per heavy atom. The van der Waals surface area contributed by atoms with Crippen LogP contribution >= 0.6 is 0 Å². The minimum absolute atomic E-state index is 0.261. The molecule has 3 aromatic carbocycles. The highest BCUT2D eigenvalue weighted by molar-refractivity contribution is 5.97. The van der Waals surface area contributed by atoms with Crippen molar-refractivity contribution in [3.05, 3.63) is 71.8 Å². The number of carbonyl (C=O) groups is 1. The van der Waals surface area contributed by atoms with Gasteiger partial charge in [0.1, 0.15) is 18.2 Å². The monoisotopic (exact) mass is 500 g/mol. The summed E-state index contributed by atoms with van der Waals surface area (Å²) in [6.45, 7) is 2.91. The largest absolute Gasteiger partial charge is 0.493 e. The second-order valence-corrected chi connectivity index (χ2v) is 8.54. The van der Waals surface area contributed by atoms with Gasteiger partial charge >= 0.3 is 0 Å². The zero-order valence-corrected chi connectivity index (χ0v) is 20.8. The Balaban J connectivity index is 1.58. The molecule has 1 aromatic heterocycles. The molecule has 1 aliphatic heterocycles. The number of rotatable bonds is 8. The number of nitrogens with zero attached hydrogens (tertiary/aromatic N) is 3. The molecule has 2 N–H and O–H groups in total. The number of amides is 1. The molecule has 0 unspecified atom stereocenters. The Morgan fingerprint density at radius 3 is 2.38 bits per heavy atom. The minimum Gasteiger partial charge on any atom is -0.493 e. The van der Waals surface area contributed by atoms with Crippen LogP contribution in [0.5, 0.6) is 17.2 Å². The first-order valence-electron chi connectivity index (χ1n) is 11.9. The van der Waals surface area contributed by atoms with Crippen LogP contribution in [0.25, 0.3) is 22.3 Å². The molecule has 0 bridgehead atoms. The summed E-state index contributed by atoms with van der Waals surface area (Å²) < 4.78 is 22.5. The number of primary amides is 1. The summed E-state index contributed by atoms with van der Waals surface area (Å²) in [6.07, 6.45) is 0. The summed E-state index contributed by atoms with van der Waals surface area (Å²) >= 11 is 0. The molecule has 9 nitrogen and oxygen atoms in total. The summed E-state index contributed by atoms with van der Waals surface area (Å²) in [6, 6.07) is 18.7. The lowest BCUT2D eigenvalue weighted by atomic mass is 10.1. The van der Waals surface area contributed by atoms with E-state index in [-0.39, 0.29) is 5.56 Å². The van der Waals surface area contributed by atoms with Gasteiger partial charge in [0.2, 0.25) is 0 Å². The standard InChI is InChI=1S/C28H28N4O5/c1-34-24-15-20-22(16-25(24)35-2)30-27(31-28(20)32-10-12-36-13-11-32)19-8-9-23(21(14-19)26(29)33)37-17-18-6-4-3-5-7-18/h3-9,14-16H,10-13,17H2,1-2H3,(H2,29,33). The second-order valence-electron chi connectivity index (χ2n) is 8.54. The molecule has 1 saturated heterocycles. The van der Waals surface area contributed by atoms with Crippen LogP contribution in [0.15, 0.2) is 60.7 Å². The quantitative estimate of drug-likeness (QED) is 0.389. The number of fused-ring (bicyclic) bond motifs is 1. The average molecular weight is 501 g/mol. The van der Waals surface area contributed by atoms with Gasteiger partial charge < -0.3 is 29.6 Å². The van der Waals surface area contributed by atoms with Gasteiger partial charge in [-0.2, -0.15) is 0 Å². The van der Waals surface area contributed by atoms with Crippen molar-refractivity contribution in [2.24, 2.45) is 5.73 Å². The molecule has 0 atom stereocenters. The van der Waals surface area contributed by atoms with Crippen LogP contribution in [-0.2, 0) is 11.3 Å². The Bertz CT molecular complexity index is 1420. The molecule has 0 aliphatic carbocycles. The van der Waals surface area contributed by atoms with Gasteiger partial charge in [0, 0.05) is 30.1 Å². The molecule has 37 heavy (non-hydrogen) atoms. The van der Waals surface area contributed by atoms with Crippen LogP contribution in [-0.4, -0.2) is 56.4 Å². The fourth-order valence-electron chi connectivity index (χ4n) is 4.31. The van der Waals surface area contributed by atoms with E-state index in [0.717, 1.165) is 16.8 Å². The molecular weight excluding hydrogens is 472 g/mol. The number of ether oxygens (including phenoxy) is 4. The molecule has 5 rings (SSSR count). The SMILES string of the molecule is COc1cc2nc(-c3ccc(OCc4ccccc4)c(C(N)=O)c3)nc(N3CCOCC3)c2cc1OC. The summed E-state index contributed by atoms with van der Waals surface area (Å²) in [4.78, 5) is 24.2. The molecule has 0 radical (unpaired) electrons. The second kappa shape index (κ2) is 10.7. The number of methoxy groups -OCH3 is 2. The third-order valence-corrected chi connectivity index (χ3v) is 6.23. The van der Waals surface area contributed by atoms with Crippen molar-refractivity contribution in [3.63, 3.8) is 0 Å². The van der Waals surface area contributed by atoms with Crippen molar-refractivity contribution in [3.8, 4) is 28.6 Å². The van der Waals surface area contributed by atoms with Crippen molar-refractivity contribution in [2.45, 2.75) is 6.61 Å². The van der Waals surface area contributed by atoms with E-state index < -0.39 is 5.91 Å². The molecule has 2 heterocycles. The van der Waals surface area contributed by atoms with E-state index in [1.807, 2.05) is 48.5 Å². The van der Waals surface area contributed by atoms with Crippen molar-refractivity contribution in [1.82, 2.24) is 9.97 Å². The predicted molar refractivity (Wildman–Crippen MR) is 140 cm³/mol. The van der Waals surface area contributed by atoms with E-state index >= 15 is 0 Å². The number of morpholine rings is 1. The normalized spacial score (nSPS) is 13.4. The maximum Gasteiger partial charge on any atom is 0.252 e. The van der Waals surface area contributed by atoms with Crippen LogP contribution in [0.1, 0.15) is 15.9 Å². The highest BCUT2D eigenvalue weighted by atomic mass is 16.5. The first-order valence-corrected chi connectivity index (χ1v) is 11.9. The Labute approximate surface area is 214 Å². The van der Waals surface area contributed by atoms with Crippen LogP contribution in [0, 0.1) is 0 Å². The van der Waals surface area contributed by atoms with Crippen LogP contribution < -0.4 is 24.8 Å². The lowest BCUT2D eigenvalue weighted by molar-refractivity contribution is 0.0996. The van der Waals surface area contributed by atoms with Gasteiger partial charge in [-0.1, -0.05) is 30.3 Å². The third kappa shape index (κ3) is 5.12. The van der Waals surface area contributed by atoms with Gasteiger partial charge in [-0.05, 0) is 29.8 Å². The third-order valence-electron chi connectivity index (χ3n) is 6.23. The minimum atomic E-state index is -0.592. The maximum absolute atomic E-state index is 12.3. The number of carbonyl (C=O) groups excluding carboxylic acids is 1.